The largest absolute Gasteiger partial charge is 0.334 e. The van der Waals surface area contributed by atoms with Crippen molar-refractivity contribution >= 4 is 5.91 Å². The minimum absolute atomic E-state index is 0.0251. The summed E-state index contributed by atoms with van der Waals surface area (Å²) in [6, 6.07) is 6.13. The Bertz CT molecular complexity index is 725. The summed E-state index contributed by atoms with van der Waals surface area (Å²) < 4.78 is 14.8. The molecule has 24 heavy (non-hydrogen) atoms. The summed E-state index contributed by atoms with van der Waals surface area (Å²) in [6.07, 6.45) is 3.68. The van der Waals surface area contributed by atoms with Gasteiger partial charge < -0.3 is 10.6 Å². The van der Waals surface area contributed by atoms with Gasteiger partial charge in [-0.05, 0) is 49.9 Å². The van der Waals surface area contributed by atoms with Crippen molar-refractivity contribution in [2.45, 2.75) is 32.7 Å². The van der Waals surface area contributed by atoms with Gasteiger partial charge in [-0.1, -0.05) is 6.92 Å². The molecular formula is C18H23FN4O. The first-order valence-electron chi connectivity index (χ1n) is 8.34. The minimum Gasteiger partial charge on any atom is -0.334 e. The maximum atomic E-state index is 13.1. The molecule has 0 unspecified atom stereocenters. The van der Waals surface area contributed by atoms with Crippen molar-refractivity contribution in [1.82, 2.24) is 14.7 Å². The molecule has 5 nitrogen and oxygen atoms in total. The van der Waals surface area contributed by atoms with Crippen molar-refractivity contribution in [3.05, 3.63) is 47.5 Å². The van der Waals surface area contributed by atoms with Gasteiger partial charge >= 0.3 is 0 Å². The van der Waals surface area contributed by atoms with Crippen LogP contribution in [-0.4, -0.2) is 39.7 Å². The van der Waals surface area contributed by atoms with E-state index in [0.29, 0.717) is 18.0 Å². The van der Waals surface area contributed by atoms with Gasteiger partial charge in [0, 0.05) is 19.1 Å². The second-order valence-corrected chi connectivity index (χ2v) is 6.45. The zero-order valence-electron chi connectivity index (χ0n) is 14.1. The molecular weight excluding hydrogens is 307 g/mol. The van der Waals surface area contributed by atoms with E-state index in [1.807, 2.05) is 11.8 Å². The van der Waals surface area contributed by atoms with Crippen LogP contribution in [0.1, 0.15) is 35.8 Å². The Balaban J connectivity index is 1.90. The van der Waals surface area contributed by atoms with E-state index < -0.39 is 0 Å². The van der Waals surface area contributed by atoms with Crippen molar-refractivity contribution in [3.8, 4) is 5.69 Å². The number of carbonyl (C=O) groups is 1. The first-order chi connectivity index (χ1) is 11.5. The minimum atomic E-state index is -0.298. The lowest BCUT2D eigenvalue weighted by atomic mass is 9.90. The highest BCUT2D eigenvalue weighted by atomic mass is 19.1. The van der Waals surface area contributed by atoms with Crippen LogP contribution in [0.5, 0.6) is 0 Å². The third-order valence-electron chi connectivity index (χ3n) is 4.93. The molecule has 2 aromatic rings. The Kier molecular flexibility index (Phi) is 4.66. The Morgan fingerprint density at radius 1 is 1.38 bits per heavy atom. The summed E-state index contributed by atoms with van der Waals surface area (Å²) in [4.78, 5) is 14.9. The van der Waals surface area contributed by atoms with Crippen molar-refractivity contribution in [3.63, 3.8) is 0 Å². The van der Waals surface area contributed by atoms with Crippen molar-refractivity contribution in [2.75, 3.05) is 13.1 Å². The number of benzene rings is 1. The lowest BCUT2D eigenvalue weighted by Crippen LogP contribution is -2.51. The third kappa shape index (κ3) is 2.94. The van der Waals surface area contributed by atoms with Crippen LogP contribution in [0.15, 0.2) is 30.5 Å². The summed E-state index contributed by atoms with van der Waals surface area (Å²) in [5.41, 5.74) is 7.96. The normalized spacial score (nSPS) is 21.1. The average Bonchev–Trinajstić information content (AvgIpc) is 2.96. The van der Waals surface area contributed by atoms with Crippen LogP contribution in [0.2, 0.25) is 0 Å². The lowest BCUT2D eigenvalue weighted by Gasteiger charge is -2.39. The van der Waals surface area contributed by atoms with Crippen LogP contribution in [0.3, 0.4) is 0 Å². The molecule has 2 atom stereocenters. The summed E-state index contributed by atoms with van der Waals surface area (Å²) >= 11 is 0. The molecule has 2 N–H and O–H groups in total. The zero-order chi connectivity index (χ0) is 17.3. The molecule has 0 saturated carbocycles. The fraction of sp³-hybridized carbons (Fsp3) is 0.444. The zero-order valence-corrected chi connectivity index (χ0v) is 14.1. The topological polar surface area (TPSA) is 64.2 Å². The predicted molar refractivity (Wildman–Crippen MR) is 90.5 cm³/mol. The SMILES string of the molecule is Cc1c(C(=O)N2CCC[C@H](C)[C@@H]2CN)cnn1-c1ccc(F)cc1. The van der Waals surface area contributed by atoms with Gasteiger partial charge in [0.1, 0.15) is 5.82 Å². The molecule has 0 bridgehead atoms. The van der Waals surface area contributed by atoms with Gasteiger partial charge in [-0.25, -0.2) is 9.07 Å². The highest BCUT2D eigenvalue weighted by Gasteiger charge is 2.32. The Morgan fingerprint density at radius 2 is 2.08 bits per heavy atom. The second kappa shape index (κ2) is 6.73. The molecule has 1 aliphatic heterocycles. The van der Waals surface area contributed by atoms with Crippen LogP contribution in [0, 0.1) is 18.7 Å². The monoisotopic (exact) mass is 330 g/mol. The van der Waals surface area contributed by atoms with E-state index in [9.17, 15) is 9.18 Å². The summed E-state index contributed by atoms with van der Waals surface area (Å²) in [5, 5.41) is 4.32. The summed E-state index contributed by atoms with van der Waals surface area (Å²) in [5.74, 6) is 0.0796. The molecule has 1 amide bonds. The smallest absolute Gasteiger partial charge is 0.257 e. The first kappa shape index (κ1) is 16.6. The molecule has 0 radical (unpaired) electrons. The number of likely N-dealkylation sites (tertiary alicyclic amines) is 1. The maximum absolute atomic E-state index is 13.1. The van der Waals surface area contributed by atoms with E-state index >= 15 is 0 Å². The van der Waals surface area contributed by atoms with E-state index in [-0.39, 0.29) is 17.8 Å². The van der Waals surface area contributed by atoms with E-state index in [0.717, 1.165) is 30.8 Å². The molecule has 0 spiro atoms. The van der Waals surface area contributed by atoms with Crippen molar-refractivity contribution in [1.29, 1.82) is 0 Å². The molecule has 1 fully saturated rings. The number of hydrogen-bond acceptors (Lipinski definition) is 3. The number of halogens is 1. The summed E-state index contributed by atoms with van der Waals surface area (Å²) in [7, 11) is 0. The van der Waals surface area contributed by atoms with Gasteiger partial charge in [-0.3, -0.25) is 4.79 Å². The lowest BCUT2D eigenvalue weighted by molar-refractivity contribution is 0.0532. The van der Waals surface area contributed by atoms with Crippen LogP contribution in [-0.2, 0) is 0 Å². The van der Waals surface area contributed by atoms with Crippen molar-refractivity contribution in [2.24, 2.45) is 11.7 Å². The van der Waals surface area contributed by atoms with Crippen LogP contribution < -0.4 is 5.73 Å². The van der Waals surface area contributed by atoms with E-state index in [1.54, 1.807) is 23.0 Å². The van der Waals surface area contributed by atoms with Gasteiger partial charge in [-0.15, -0.1) is 0 Å². The number of amides is 1. The summed E-state index contributed by atoms with van der Waals surface area (Å²) in [6.45, 7) is 5.20. The van der Waals surface area contributed by atoms with Gasteiger partial charge in [0.15, 0.2) is 0 Å². The van der Waals surface area contributed by atoms with Crippen LogP contribution >= 0.6 is 0 Å². The number of nitrogens with zero attached hydrogens (tertiary/aromatic N) is 3. The van der Waals surface area contributed by atoms with E-state index in [2.05, 4.69) is 12.0 Å². The number of hydrogen-bond donors (Lipinski definition) is 1. The fourth-order valence-corrected chi connectivity index (χ4v) is 3.48. The van der Waals surface area contributed by atoms with E-state index in [4.69, 9.17) is 5.73 Å². The number of rotatable bonds is 3. The number of aromatic nitrogens is 2. The highest BCUT2D eigenvalue weighted by Crippen LogP contribution is 2.25. The van der Waals surface area contributed by atoms with E-state index in [1.165, 1.54) is 12.1 Å². The van der Waals surface area contributed by atoms with Gasteiger partial charge in [0.05, 0.1) is 23.1 Å². The number of piperidine rings is 1. The number of carbonyl (C=O) groups excluding carboxylic acids is 1. The Hall–Kier alpha value is -2.21. The Labute approximate surface area is 141 Å². The third-order valence-corrected chi connectivity index (χ3v) is 4.93. The van der Waals surface area contributed by atoms with Crippen LogP contribution in [0.25, 0.3) is 5.69 Å². The molecule has 128 valence electrons. The standard InChI is InChI=1S/C18H23FN4O/c1-12-4-3-9-22(17(12)10-20)18(24)16-11-21-23(13(16)2)15-7-5-14(19)6-8-15/h5-8,11-12,17H,3-4,9-10,20H2,1-2H3/t12-,17-/m0/s1. The molecule has 1 aliphatic rings. The molecule has 3 rings (SSSR count). The van der Waals surface area contributed by atoms with Crippen LogP contribution in [0.4, 0.5) is 4.39 Å². The maximum Gasteiger partial charge on any atom is 0.257 e. The molecule has 0 aliphatic carbocycles. The Morgan fingerprint density at radius 3 is 2.75 bits per heavy atom. The molecule has 6 heteroatoms. The highest BCUT2D eigenvalue weighted by molar-refractivity contribution is 5.95. The van der Waals surface area contributed by atoms with Gasteiger partial charge in [0.25, 0.3) is 5.91 Å². The second-order valence-electron chi connectivity index (χ2n) is 6.45. The first-order valence-corrected chi connectivity index (χ1v) is 8.34. The predicted octanol–water partition coefficient (Wildman–Crippen LogP) is 2.52. The molecule has 2 heterocycles. The molecule has 1 aromatic heterocycles. The van der Waals surface area contributed by atoms with Crippen molar-refractivity contribution < 1.29 is 9.18 Å². The fourth-order valence-electron chi connectivity index (χ4n) is 3.48. The van der Waals surface area contributed by atoms with Gasteiger partial charge in [0.2, 0.25) is 0 Å². The van der Waals surface area contributed by atoms with Gasteiger partial charge in [-0.2, -0.15) is 5.10 Å². The number of nitrogens with two attached hydrogens (primary N) is 1. The molecule has 1 aromatic carbocycles. The molecule has 1 saturated heterocycles. The quantitative estimate of drug-likeness (QED) is 0.940. The average molecular weight is 330 g/mol.